The molecule has 0 rings (SSSR count). The molecule has 250 valence electrons. The number of phosphoric acid groups is 2. The Morgan fingerprint density at radius 3 is 1.42 bits per heavy atom. The van der Waals surface area contributed by atoms with Gasteiger partial charge in [0.2, 0.25) is 0 Å². The second-order valence-electron chi connectivity index (χ2n) is 10.5. The van der Waals surface area contributed by atoms with Crippen molar-refractivity contribution in [1.29, 1.82) is 0 Å². The Kier molecular flexibility index (Phi) is 36.2. The molecule has 0 heterocycles. The van der Waals surface area contributed by atoms with Crippen LogP contribution >= 0.6 is 15.6 Å². The minimum absolute atomic E-state index is 0. The fourth-order valence-corrected chi connectivity index (χ4v) is 5.98. The second kappa shape index (κ2) is 33.0. The van der Waals surface area contributed by atoms with Gasteiger partial charge in [-0.25, -0.2) is 4.57 Å². The third-order valence-electron chi connectivity index (χ3n) is 6.25. The number of rotatable bonds is 29. The summed E-state index contributed by atoms with van der Waals surface area (Å²) >= 11 is 0. The summed E-state index contributed by atoms with van der Waals surface area (Å²) in [6.07, 6.45) is 26.0. The number of carboxylic acid groups (broad SMARTS) is 1. The molecule has 0 aromatic rings. The zero-order valence-corrected chi connectivity index (χ0v) is 29.9. The molecule has 0 aromatic heterocycles. The van der Waals surface area contributed by atoms with Gasteiger partial charge in [-0.2, -0.15) is 0 Å². The van der Waals surface area contributed by atoms with E-state index in [-0.39, 0.29) is 36.4 Å². The SMILES string of the molecule is CCCCCCCCC=CCCCCCCCCCC(=O)CC(=O)[O-].CCCCOP(=O)(OCCCC)OP(=O)([O-])[O-].[Al+3]. The Hall–Kier alpha value is -0.328. The summed E-state index contributed by atoms with van der Waals surface area (Å²) in [7, 11) is -9.69. The molecule has 0 radical (unpaired) electrons. The Bertz CT molecular complexity index is 760. The van der Waals surface area contributed by atoms with Crippen molar-refractivity contribution in [3.8, 4) is 0 Å². The average molecular weight is 667 g/mol. The summed E-state index contributed by atoms with van der Waals surface area (Å²) in [6, 6.07) is 0. The number of unbranched alkanes of at least 4 members (excludes halogenated alkanes) is 15. The van der Waals surface area contributed by atoms with Gasteiger partial charge in [-0.05, 0) is 44.9 Å². The van der Waals surface area contributed by atoms with Crippen LogP contribution in [0.5, 0.6) is 0 Å². The van der Waals surface area contributed by atoms with E-state index in [4.69, 9.17) is 9.05 Å². The Morgan fingerprint density at radius 1 is 0.628 bits per heavy atom. The maximum absolute atomic E-state index is 11.7. The van der Waals surface area contributed by atoms with Gasteiger partial charge in [0.15, 0.2) is 0 Å². The summed E-state index contributed by atoms with van der Waals surface area (Å²) in [6.45, 7) is 6.03. The van der Waals surface area contributed by atoms with Crippen LogP contribution in [0, 0.1) is 0 Å². The Morgan fingerprint density at radius 2 is 1.02 bits per heavy atom. The molecule has 0 spiro atoms. The molecule has 0 aliphatic rings. The standard InChI is InChI=1S/C22H40O3.C8H20O7P2.Al/c1-2-3-4-5-6-7-8-9-10-11-12-13-14-15-16-17-18-19-21(23)20-22(24)25;1-3-5-7-13-17(12,14-8-6-4-2)15-16(9,10)11;/h9-10H,2-8,11-20H2,1H3,(H,24,25);3-8H2,1-2H3,(H2,9,10,11);/q;;+3/p-3. The molecule has 0 atom stereocenters. The molecule has 43 heavy (non-hydrogen) atoms. The van der Waals surface area contributed by atoms with Gasteiger partial charge >= 0.3 is 25.2 Å². The van der Waals surface area contributed by atoms with Crippen molar-refractivity contribution in [3.63, 3.8) is 0 Å². The van der Waals surface area contributed by atoms with Crippen LogP contribution in [0.3, 0.4) is 0 Å². The van der Waals surface area contributed by atoms with Crippen molar-refractivity contribution < 1.29 is 47.0 Å². The summed E-state index contributed by atoms with van der Waals surface area (Å²) in [5.74, 6) is -1.46. The Balaban J connectivity index is -0.000000779. The predicted molar refractivity (Wildman–Crippen MR) is 167 cm³/mol. The number of phosphoric ester groups is 1. The van der Waals surface area contributed by atoms with Crippen LogP contribution in [0.25, 0.3) is 0 Å². The second-order valence-corrected chi connectivity index (χ2v) is 13.4. The Labute approximate surface area is 272 Å². The van der Waals surface area contributed by atoms with Crippen LogP contribution in [0.1, 0.15) is 156 Å². The molecule has 0 aliphatic heterocycles. The van der Waals surface area contributed by atoms with Crippen LogP contribution in [0.15, 0.2) is 12.2 Å². The number of carboxylic acids is 1. The van der Waals surface area contributed by atoms with Crippen molar-refractivity contribution >= 4 is 44.8 Å². The summed E-state index contributed by atoms with van der Waals surface area (Å²) < 4.78 is 35.5. The van der Waals surface area contributed by atoms with Crippen molar-refractivity contribution in [2.75, 3.05) is 13.2 Å². The maximum Gasteiger partial charge on any atom is 3.00 e. The molecule has 13 heteroatoms. The number of hydrogen-bond acceptors (Lipinski definition) is 10. The minimum Gasteiger partial charge on any atom is -0.789 e. The smallest absolute Gasteiger partial charge is 0.789 e. The van der Waals surface area contributed by atoms with Crippen LogP contribution in [0.2, 0.25) is 0 Å². The first kappa shape index (κ1) is 47.1. The minimum atomic E-state index is -5.40. The van der Waals surface area contributed by atoms with Gasteiger partial charge in [0, 0.05) is 18.8 Å². The summed E-state index contributed by atoms with van der Waals surface area (Å²) in [5.41, 5.74) is 0. The summed E-state index contributed by atoms with van der Waals surface area (Å²) in [5, 5.41) is 10.3. The van der Waals surface area contributed by atoms with Crippen molar-refractivity contribution in [2.24, 2.45) is 0 Å². The van der Waals surface area contributed by atoms with Crippen molar-refractivity contribution in [2.45, 2.75) is 156 Å². The van der Waals surface area contributed by atoms with E-state index in [1.165, 1.54) is 77.0 Å². The van der Waals surface area contributed by atoms with E-state index in [2.05, 4.69) is 23.4 Å². The van der Waals surface area contributed by atoms with E-state index in [1.54, 1.807) is 0 Å². The molecule has 0 bridgehead atoms. The van der Waals surface area contributed by atoms with E-state index >= 15 is 0 Å². The maximum atomic E-state index is 11.7. The molecule has 0 aliphatic carbocycles. The number of Topliss-reactive ketones (excluding diaryl/α,β-unsaturated/α-hetero) is 1. The number of aliphatic carboxylic acids is 1. The molecule has 0 unspecified atom stereocenters. The molecular weight excluding hydrogens is 609 g/mol. The van der Waals surface area contributed by atoms with Crippen LogP contribution in [0.4, 0.5) is 0 Å². The first-order valence-corrected chi connectivity index (χ1v) is 18.9. The van der Waals surface area contributed by atoms with Crippen LogP contribution in [-0.2, 0) is 32.1 Å². The van der Waals surface area contributed by atoms with Gasteiger partial charge in [0.05, 0.1) is 21.0 Å². The number of carbonyl (C=O) groups is 2. The third-order valence-corrected chi connectivity index (χ3v) is 8.85. The van der Waals surface area contributed by atoms with Crippen LogP contribution < -0.4 is 14.9 Å². The molecule has 10 nitrogen and oxygen atoms in total. The molecular formula is C30H57AlO10P2. The van der Waals surface area contributed by atoms with Crippen LogP contribution in [-0.4, -0.2) is 42.3 Å². The van der Waals surface area contributed by atoms with Gasteiger partial charge < -0.3 is 24.3 Å². The zero-order chi connectivity index (χ0) is 32.0. The van der Waals surface area contributed by atoms with Gasteiger partial charge in [-0.3, -0.25) is 18.2 Å². The van der Waals surface area contributed by atoms with Crippen molar-refractivity contribution in [1.82, 2.24) is 0 Å². The quantitative estimate of drug-likeness (QED) is 0.0275. The van der Waals surface area contributed by atoms with Gasteiger partial charge in [-0.1, -0.05) is 110 Å². The normalized spacial score (nSPS) is 11.7. The first-order chi connectivity index (χ1) is 20.0. The van der Waals surface area contributed by atoms with E-state index in [0.717, 1.165) is 32.1 Å². The third kappa shape index (κ3) is 39.6. The topological polar surface area (TPSA) is 165 Å². The molecule has 0 saturated carbocycles. The molecule has 0 N–H and O–H groups in total. The number of ketones is 1. The first-order valence-electron chi connectivity index (χ1n) is 16.0. The van der Waals surface area contributed by atoms with Gasteiger partial charge in [-0.15, -0.1) is 0 Å². The molecule has 0 amide bonds. The fraction of sp³-hybridized carbons (Fsp3) is 0.867. The van der Waals surface area contributed by atoms with E-state index in [1.807, 2.05) is 13.8 Å². The average Bonchev–Trinajstić information content (AvgIpc) is 2.89. The zero-order valence-electron chi connectivity index (χ0n) is 27.0. The van der Waals surface area contributed by atoms with E-state index < -0.39 is 28.0 Å². The van der Waals surface area contributed by atoms with Crippen molar-refractivity contribution in [3.05, 3.63) is 12.2 Å². The largest absolute Gasteiger partial charge is 3.00 e. The monoisotopic (exact) mass is 666 g/mol. The van der Waals surface area contributed by atoms with E-state index in [0.29, 0.717) is 19.3 Å². The molecule has 0 saturated heterocycles. The fourth-order valence-electron chi connectivity index (χ4n) is 3.84. The number of carbonyl (C=O) groups excluding carboxylic acids is 2. The van der Waals surface area contributed by atoms with Gasteiger partial charge in [0.1, 0.15) is 5.78 Å². The molecule has 0 aromatic carbocycles. The predicted octanol–water partition coefficient (Wildman–Crippen LogP) is 6.71. The summed E-state index contributed by atoms with van der Waals surface area (Å²) in [4.78, 5) is 42.3. The molecule has 0 fully saturated rings. The number of allylic oxidation sites excluding steroid dienone is 2. The number of hydrogen-bond donors (Lipinski definition) is 0. The van der Waals surface area contributed by atoms with Gasteiger partial charge in [0.25, 0.3) is 0 Å². The van der Waals surface area contributed by atoms with E-state index in [9.17, 15) is 33.6 Å².